The van der Waals surface area contributed by atoms with Crippen LogP contribution in [0.5, 0.6) is 0 Å². The molecule has 18 heavy (non-hydrogen) atoms. The second-order valence-electron chi connectivity index (χ2n) is 3.66. The fraction of sp³-hybridized carbons (Fsp3) is 0.0833. The van der Waals surface area contributed by atoms with Crippen molar-refractivity contribution < 1.29 is 12.8 Å². The summed E-state index contributed by atoms with van der Waals surface area (Å²) in [4.78, 5) is 5.30. The molecule has 0 atom stereocenters. The van der Waals surface area contributed by atoms with Gasteiger partial charge < -0.3 is 0 Å². The SMILES string of the molecule is CS(=O)(=O)c1ccc(Sc2ccnc(F)c2)cc1. The van der Waals surface area contributed by atoms with Crippen LogP contribution in [0.2, 0.25) is 0 Å². The first-order valence-corrected chi connectivity index (χ1v) is 7.75. The van der Waals surface area contributed by atoms with Crippen molar-refractivity contribution in [3.63, 3.8) is 0 Å². The van der Waals surface area contributed by atoms with Crippen molar-refractivity contribution in [2.45, 2.75) is 14.7 Å². The summed E-state index contributed by atoms with van der Waals surface area (Å²) in [6.45, 7) is 0. The van der Waals surface area contributed by atoms with E-state index in [-0.39, 0.29) is 4.90 Å². The number of aromatic nitrogens is 1. The van der Waals surface area contributed by atoms with Gasteiger partial charge in [-0.2, -0.15) is 4.39 Å². The lowest BCUT2D eigenvalue weighted by atomic mass is 10.4. The summed E-state index contributed by atoms with van der Waals surface area (Å²) < 4.78 is 35.5. The monoisotopic (exact) mass is 283 g/mol. The van der Waals surface area contributed by atoms with Crippen LogP contribution in [-0.2, 0) is 9.84 Å². The zero-order chi connectivity index (χ0) is 13.2. The second kappa shape index (κ2) is 5.07. The van der Waals surface area contributed by atoms with Gasteiger partial charge in [0.05, 0.1) is 4.90 Å². The molecular weight excluding hydrogens is 273 g/mol. The zero-order valence-corrected chi connectivity index (χ0v) is 11.1. The van der Waals surface area contributed by atoms with Crippen LogP contribution >= 0.6 is 11.8 Å². The van der Waals surface area contributed by atoms with E-state index in [4.69, 9.17) is 0 Å². The molecule has 0 bridgehead atoms. The Bertz CT molecular complexity index is 654. The zero-order valence-electron chi connectivity index (χ0n) is 9.50. The second-order valence-corrected chi connectivity index (χ2v) is 6.82. The average molecular weight is 283 g/mol. The normalized spacial score (nSPS) is 11.4. The highest BCUT2D eigenvalue weighted by Crippen LogP contribution is 2.28. The van der Waals surface area contributed by atoms with Crippen LogP contribution in [0.1, 0.15) is 0 Å². The Morgan fingerprint density at radius 1 is 1.11 bits per heavy atom. The van der Waals surface area contributed by atoms with Gasteiger partial charge in [0.25, 0.3) is 0 Å². The Morgan fingerprint density at radius 2 is 1.78 bits per heavy atom. The van der Waals surface area contributed by atoms with E-state index in [1.54, 1.807) is 18.2 Å². The standard InChI is InChI=1S/C12H10FNO2S2/c1-18(15,16)11-4-2-9(3-5-11)17-10-6-7-14-12(13)8-10/h2-8H,1H3. The van der Waals surface area contributed by atoms with Gasteiger partial charge >= 0.3 is 0 Å². The molecule has 0 aliphatic rings. The molecule has 1 heterocycles. The Kier molecular flexibility index (Phi) is 3.68. The molecule has 0 N–H and O–H groups in total. The number of pyridine rings is 1. The van der Waals surface area contributed by atoms with Crippen LogP contribution < -0.4 is 0 Å². The van der Waals surface area contributed by atoms with Crippen LogP contribution in [0.4, 0.5) is 4.39 Å². The van der Waals surface area contributed by atoms with Crippen LogP contribution in [0.25, 0.3) is 0 Å². The summed E-state index contributed by atoms with van der Waals surface area (Å²) in [5.41, 5.74) is 0. The Morgan fingerprint density at radius 3 is 2.33 bits per heavy atom. The third-order valence-corrected chi connectivity index (χ3v) is 4.31. The molecule has 0 spiro atoms. The molecule has 3 nitrogen and oxygen atoms in total. The smallest absolute Gasteiger partial charge is 0.213 e. The highest BCUT2D eigenvalue weighted by molar-refractivity contribution is 7.99. The minimum atomic E-state index is -3.18. The van der Waals surface area contributed by atoms with Gasteiger partial charge in [0.15, 0.2) is 9.84 Å². The molecule has 1 aromatic heterocycles. The van der Waals surface area contributed by atoms with E-state index in [2.05, 4.69) is 4.98 Å². The summed E-state index contributed by atoms with van der Waals surface area (Å²) in [5.74, 6) is -0.534. The Balaban J connectivity index is 2.21. The predicted octanol–water partition coefficient (Wildman–Crippen LogP) is 2.78. The molecule has 0 amide bonds. The van der Waals surface area contributed by atoms with Crippen molar-refractivity contribution in [2.24, 2.45) is 0 Å². The number of rotatable bonds is 3. The van der Waals surface area contributed by atoms with Crippen LogP contribution in [0, 0.1) is 5.95 Å². The average Bonchev–Trinajstić information content (AvgIpc) is 2.28. The first-order valence-electron chi connectivity index (χ1n) is 5.05. The van der Waals surface area contributed by atoms with E-state index in [0.29, 0.717) is 0 Å². The Labute approximate surface area is 109 Å². The number of hydrogen-bond acceptors (Lipinski definition) is 4. The maximum absolute atomic E-state index is 12.9. The molecule has 0 aliphatic carbocycles. The van der Waals surface area contributed by atoms with Gasteiger partial charge in [-0.05, 0) is 30.3 Å². The van der Waals surface area contributed by atoms with Gasteiger partial charge in [0.2, 0.25) is 5.95 Å². The van der Waals surface area contributed by atoms with Crippen molar-refractivity contribution >= 4 is 21.6 Å². The summed E-state index contributed by atoms with van der Waals surface area (Å²) in [6, 6.07) is 9.48. The highest BCUT2D eigenvalue weighted by Gasteiger charge is 2.06. The molecule has 0 radical (unpaired) electrons. The van der Waals surface area contributed by atoms with Gasteiger partial charge in [-0.25, -0.2) is 13.4 Å². The quantitative estimate of drug-likeness (QED) is 0.813. The van der Waals surface area contributed by atoms with E-state index < -0.39 is 15.8 Å². The van der Waals surface area contributed by atoms with E-state index in [0.717, 1.165) is 16.0 Å². The maximum Gasteiger partial charge on any atom is 0.213 e. The van der Waals surface area contributed by atoms with Crippen LogP contribution in [0.3, 0.4) is 0 Å². The highest BCUT2D eigenvalue weighted by atomic mass is 32.2. The van der Waals surface area contributed by atoms with Crippen molar-refractivity contribution in [2.75, 3.05) is 6.26 Å². The Hall–Kier alpha value is -1.40. The molecule has 0 unspecified atom stereocenters. The third-order valence-electron chi connectivity index (χ3n) is 2.19. The van der Waals surface area contributed by atoms with Crippen LogP contribution in [0.15, 0.2) is 57.3 Å². The minimum Gasteiger partial charge on any atom is -0.228 e. The molecule has 1 aromatic carbocycles. The van der Waals surface area contributed by atoms with Gasteiger partial charge in [0, 0.05) is 28.3 Å². The molecule has 6 heteroatoms. The number of hydrogen-bond donors (Lipinski definition) is 0. The van der Waals surface area contributed by atoms with Gasteiger partial charge in [0.1, 0.15) is 0 Å². The topological polar surface area (TPSA) is 47.0 Å². The molecule has 0 fully saturated rings. The van der Waals surface area contributed by atoms with Gasteiger partial charge in [-0.15, -0.1) is 0 Å². The van der Waals surface area contributed by atoms with Gasteiger partial charge in [-0.3, -0.25) is 0 Å². The summed E-state index contributed by atoms with van der Waals surface area (Å²) in [7, 11) is -3.18. The fourth-order valence-corrected chi connectivity index (χ4v) is 2.80. The van der Waals surface area contributed by atoms with Crippen LogP contribution in [-0.4, -0.2) is 19.7 Å². The predicted molar refractivity (Wildman–Crippen MR) is 67.9 cm³/mol. The van der Waals surface area contributed by atoms with Crippen molar-refractivity contribution in [1.82, 2.24) is 4.98 Å². The van der Waals surface area contributed by atoms with Crippen molar-refractivity contribution in [3.05, 3.63) is 48.5 Å². The lowest BCUT2D eigenvalue weighted by molar-refractivity contribution is 0.579. The molecule has 0 aliphatic heterocycles. The van der Waals surface area contributed by atoms with Crippen molar-refractivity contribution in [1.29, 1.82) is 0 Å². The first-order chi connectivity index (χ1) is 8.45. The third kappa shape index (κ3) is 3.30. The number of benzene rings is 1. The molecule has 2 aromatic rings. The molecular formula is C12H10FNO2S2. The number of nitrogens with zero attached hydrogens (tertiary/aromatic N) is 1. The molecule has 0 saturated heterocycles. The number of halogens is 1. The largest absolute Gasteiger partial charge is 0.228 e. The van der Waals surface area contributed by atoms with E-state index >= 15 is 0 Å². The van der Waals surface area contributed by atoms with Crippen molar-refractivity contribution in [3.8, 4) is 0 Å². The number of sulfone groups is 1. The first kappa shape index (κ1) is 13.0. The van der Waals surface area contributed by atoms with Gasteiger partial charge in [-0.1, -0.05) is 11.8 Å². The summed E-state index contributed by atoms with van der Waals surface area (Å²) in [6.07, 6.45) is 2.55. The van der Waals surface area contributed by atoms with E-state index in [9.17, 15) is 12.8 Å². The summed E-state index contributed by atoms with van der Waals surface area (Å²) in [5, 5.41) is 0. The minimum absolute atomic E-state index is 0.271. The molecule has 0 saturated carbocycles. The molecule has 94 valence electrons. The fourth-order valence-electron chi connectivity index (χ4n) is 1.34. The maximum atomic E-state index is 12.9. The van der Waals surface area contributed by atoms with E-state index in [1.807, 2.05) is 0 Å². The lowest BCUT2D eigenvalue weighted by Gasteiger charge is -2.03. The molecule has 2 rings (SSSR count). The van der Waals surface area contributed by atoms with E-state index in [1.165, 1.54) is 36.2 Å². The lowest BCUT2D eigenvalue weighted by Crippen LogP contribution is -1.95. The summed E-state index contributed by atoms with van der Waals surface area (Å²) >= 11 is 1.35.